The van der Waals surface area contributed by atoms with Crippen LogP contribution in [0.4, 0.5) is 0 Å². The first-order valence-electron chi connectivity index (χ1n) is 7.79. The summed E-state index contributed by atoms with van der Waals surface area (Å²) in [5, 5.41) is 0. The van der Waals surface area contributed by atoms with E-state index in [1.807, 2.05) is 43.3 Å². The van der Waals surface area contributed by atoms with Gasteiger partial charge in [0, 0.05) is 25.5 Å². The molecule has 120 valence electrons. The van der Waals surface area contributed by atoms with Gasteiger partial charge in [-0.05, 0) is 47.7 Å². The minimum atomic E-state index is -3.44. The summed E-state index contributed by atoms with van der Waals surface area (Å²) in [6.07, 6.45) is 6.53. The molecule has 0 N–H and O–H groups in total. The number of rotatable bonds is 5. The second-order valence-corrected chi connectivity index (χ2v) is 7.59. The highest BCUT2D eigenvalue weighted by molar-refractivity contribution is 7.93. The van der Waals surface area contributed by atoms with Crippen LogP contribution in [0, 0.1) is 0 Å². The molecule has 4 nitrogen and oxygen atoms in total. The minimum Gasteiger partial charge on any atom is -0.265 e. The summed E-state index contributed by atoms with van der Waals surface area (Å²) in [6, 6.07) is 11.7. The maximum atomic E-state index is 13.0. The Hall–Kier alpha value is -1.98. The van der Waals surface area contributed by atoms with Crippen LogP contribution in [0.15, 0.2) is 53.7 Å². The van der Waals surface area contributed by atoms with Crippen molar-refractivity contribution in [1.29, 1.82) is 0 Å². The van der Waals surface area contributed by atoms with E-state index >= 15 is 0 Å². The van der Waals surface area contributed by atoms with Crippen molar-refractivity contribution < 1.29 is 8.42 Å². The van der Waals surface area contributed by atoms with Gasteiger partial charge < -0.3 is 0 Å². The first-order valence-corrected chi connectivity index (χ1v) is 9.23. The molecule has 0 aliphatic heterocycles. The highest BCUT2D eigenvalue weighted by Crippen LogP contribution is 2.29. The van der Waals surface area contributed by atoms with Crippen LogP contribution in [-0.2, 0) is 23.0 Å². The van der Waals surface area contributed by atoms with E-state index in [0.717, 1.165) is 17.5 Å². The molecule has 0 spiro atoms. The Bertz CT molecular complexity index is 814. The van der Waals surface area contributed by atoms with Crippen LogP contribution in [0.3, 0.4) is 0 Å². The number of hydrogen-bond acceptors (Lipinski definition) is 3. The van der Waals surface area contributed by atoms with Crippen molar-refractivity contribution in [3.05, 3.63) is 70.4 Å². The van der Waals surface area contributed by atoms with Crippen LogP contribution in [0.2, 0.25) is 0 Å². The molecule has 0 bridgehead atoms. The Kier molecular flexibility index (Phi) is 4.59. The van der Waals surface area contributed by atoms with Gasteiger partial charge in [-0.3, -0.25) is 4.98 Å². The Morgan fingerprint density at radius 1 is 1.09 bits per heavy atom. The number of aromatic nitrogens is 1. The largest absolute Gasteiger partial charge is 0.265 e. The molecule has 1 heterocycles. The average Bonchev–Trinajstić information content (AvgIpc) is 2.60. The predicted octanol–water partition coefficient (Wildman–Crippen LogP) is 3.22. The quantitative estimate of drug-likeness (QED) is 0.847. The van der Waals surface area contributed by atoms with Gasteiger partial charge in [0.25, 0.3) is 0 Å². The van der Waals surface area contributed by atoms with Crippen molar-refractivity contribution in [2.45, 2.75) is 26.3 Å². The van der Waals surface area contributed by atoms with Crippen molar-refractivity contribution in [1.82, 2.24) is 9.29 Å². The SMILES string of the molecule is CCN(Cc1ccncc1)S(=O)(=O)C1=Cc2ccccc2CC1. The third kappa shape index (κ3) is 3.35. The fourth-order valence-electron chi connectivity index (χ4n) is 2.83. The van der Waals surface area contributed by atoms with E-state index in [2.05, 4.69) is 11.1 Å². The molecule has 5 heteroatoms. The Balaban J connectivity index is 1.90. The topological polar surface area (TPSA) is 50.3 Å². The lowest BCUT2D eigenvalue weighted by molar-refractivity contribution is 0.427. The van der Waals surface area contributed by atoms with Crippen LogP contribution >= 0.6 is 0 Å². The van der Waals surface area contributed by atoms with Crippen molar-refractivity contribution in [2.24, 2.45) is 0 Å². The fourth-order valence-corrected chi connectivity index (χ4v) is 4.46. The fraction of sp³-hybridized carbons (Fsp3) is 0.278. The van der Waals surface area contributed by atoms with Gasteiger partial charge in [-0.2, -0.15) is 4.31 Å². The van der Waals surface area contributed by atoms with E-state index in [4.69, 9.17) is 0 Å². The molecule has 0 saturated heterocycles. The van der Waals surface area contributed by atoms with E-state index < -0.39 is 10.0 Å². The zero-order valence-electron chi connectivity index (χ0n) is 13.1. The first-order chi connectivity index (χ1) is 11.1. The molecule has 1 aliphatic rings. The molecule has 2 aromatic rings. The van der Waals surface area contributed by atoms with E-state index in [1.54, 1.807) is 12.4 Å². The highest BCUT2D eigenvalue weighted by Gasteiger charge is 2.27. The van der Waals surface area contributed by atoms with Crippen LogP contribution in [0.5, 0.6) is 0 Å². The molecular weight excluding hydrogens is 308 g/mol. The maximum absolute atomic E-state index is 13.0. The number of fused-ring (bicyclic) bond motifs is 1. The summed E-state index contributed by atoms with van der Waals surface area (Å²) >= 11 is 0. The smallest absolute Gasteiger partial charge is 0.239 e. The molecular formula is C18H20N2O2S. The van der Waals surface area contributed by atoms with E-state index in [0.29, 0.717) is 24.4 Å². The standard InChI is InChI=1S/C18H20N2O2S/c1-2-20(14-15-9-11-19-12-10-15)23(21,22)18-8-7-16-5-3-4-6-17(16)13-18/h3-6,9-13H,2,7-8,14H2,1H3. The van der Waals surface area contributed by atoms with Gasteiger partial charge in [-0.15, -0.1) is 0 Å². The zero-order chi connectivity index (χ0) is 16.3. The highest BCUT2D eigenvalue weighted by atomic mass is 32.2. The third-order valence-electron chi connectivity index (χ3n) is 4.14. The summed E-state index contributed by atoms with van der Waals surface area (Å²) in [6.45, 7) is 2.69. The molecule has 0 atom stereocenters. The molecule has 1 aromatic carbocycles. The molecule has 3 rings (SSSR count). The van der Waals surface area contributed by atoms with Gasteiger partial charge in [0.05, 0.1) is 4.91 Å². The van der Waals surface area contributed by atoms with E-state index in [9.17, 15) is 8.42 Å². The summed E-state index contributed by atoms with van der Waals surface area (Å²) in [7, 11) is -3.44. The first kappa shape index (κ1) is 15.9. The molecule has 0 unspecified atom stereocenters. The Morgan fingerprint density at radius 3 is 2.57 bits per heavy atom. The number of nitrogens with zero attached hydrogens (tertiary/aromatic N) is 2. The van der Waals surface area contributed by atoms with Crippen molar-refractivity contribution in [3.8, 4) is 0 Å². The number of aryl methyl sites for hydroxylation is 1. The zero-order valence-corrected chi connectivity index (χ0v) is 14.0. The van der Waals surface area contributed by atoms with E-state index in [1.165, 1.54) is 9.87 Å². The monoisotopic (exact) mass is 328 g/mol. The molecule has 1 aromatic heterocycles. The van der Waals surface area contributed by atoms with Gasteiger partial charge in [-0.25, -0.2) is 8.42 Å². The van der Waals surface area contributed by atoms with Gasteiger partial charge in [0.1, 0.15) is 0 Å². The Labute approximate surface area is 137 Å². The van der Waals surface area contributed by atoms with Crippen molar-refractivity contribution >= 4 is 16.1 Å². The van der Waals surface area contributed by atoms with Gasteiger partial charge in [-0.1, -0.05) is 31.2 Å². The number of pyridine rings is 1. The second kappa shape index (κ2) is 6.64. The normalized spacial score (nSPS) is 14.4. The Morgan fingerprint density at radius 2 is 1.83 bits per heavy atom. The molecule has 0 radical (unpaired) electrons. The lowest BCUT2D eigenvalue weighted by atomic mass is 9.98. The molecule has 1 aliphatic carbocycles. The van der Waals surface area contributed by atoms with Gasteiger partial charge in [0.2, 0.25) is 10.0 Å². The maximum Gasteiger partial charge on any atom is 0.239 e. The van der Waals surface area contributed by atoms with Gasteiger partial charge in [0.15, 0.2) is 0 Å². The van der Waals surface area contributed by atoms with E-state index in [-0.39, 0.29) is 0 Å². The third-order valence-corrected chi connectivity index (χ3v) is 6.20. The molecule has 0 amide bonds. The number of hydrogen-bond donors (Lipinski definition) is 0. The number of allylic oxidation sites excluding steroid dienone is 1. The predicted molar refractivity (Wildman–Crippen MR) is 92.0 cm³/mol. The number of benzene rings is 1. The van der Waals surface area contributed by atoms with Gasteiger partial charge >= 0.3 is 0 Å². The van der Waals surface area contributed by atoms with Crippen LogP contribution < -0.4 is 0 Å². The molecule has 23 heavy (non-hydrogen) atoms. The molecule has 0 saturated carbocycles. The summed E-state index contributed by atoms with van der Waals surface area (Å²) in [5.41, 5.74) is 3.17. The average molecular weight is 328 g/mol. The summed E-state index contributed by atoms with van der Waals surface area (Å²) in [5.74, 6) is 0. The van der Waals surface area contributed by atoms with Crippen LogP contribution in [0.25, 0.3) is 6.08 Å². The lowest BCUT2D eigenvalue weighted by Crippen LogP contribution is -2.32. The summed E-state index contributed by atoms with van der Waals surface area (Å²) in [4.78, 5) is 4.48. The second-order valence-electron chi connectivity index (χ2n) is 5.60. The molecule has 0 fully saturated rings. The minimum absolute atomic E-state index is 0.375. The van der Waals surface area contributed by atoms with Crippen LogP contribution in [0.1, 0.15) is 30.0 Å². The summed E-state index contributed by atoms with van der Waals surface area (Å²) < 4.78 is 27.5. The van der Waals surface area contributed by atoms with Crippen molar-refractivity contribution in [2.75, 3.05) is 6.54 Å². The van der Waals surface area contributed by atoms with Crippen LogP contribution in [-0.4, -0.2) is 24.3 Å². The lowest BCUT2D eigenvalue weighted by Gasteiger charge is -2.24. The number of sulfonamides is 1. The van der Waals surface area contributed by atoms with Crippen molar-refractivity contribution in [3.63, 3.8) is 0 Å².